The number of carboxylic acids is 1. The zero-order chi connectivity index (χ0) is 11.8. The van der Waals surface area contributed by atoms with E-state index in [0.29, 0.717) is 0 Å². The number of amides is 2. The molecule has 0 aromatic rings. The predicted molar refractivity (Wildman–Crippen MR) is 49.8 cm³/mol. The molecule has 0 saturated heterocycles. The number of rotatable bonds is 7. The van der Waals surface area contributed by atoms with Crippen LogP contribution in [0.15, 0.2) is 0 Å². The third-order valence-corrected chi connectivity index (χ3v) is 1.55. The molecule has 4 N–H and O–H groups in total. The van der Waals surface area contributed by atoms with Gasteiger partial charge in [-0.05, 0) is 6.92 Å². The molecule has 1 atom stereocenters. The van der Waals surface area contributed by atoms with E-state index in [4.69, 9.17) is 15.6 Å². The zero-order valence-corrected chi connectivity index (χ0v) is 8.36. The van der Waals surface area contributed by atoms with Gasteiger partial charge < -0.3 is 20.9 Å². The Balaban J connectivity index is 3.55. The fourth-order valence-corrected chi connectivity index (χ4v) is 0.684. The van der Waals surface area contributed by atoms with Crippen molar-refractivity contribution < 1.29 is 24.2 Å². The number of carbonyl (C=O) groups is 3. The van der Waals surface area contributed by atoms with Crippen LogP contribution >= 0.6 is 0 Å². The summed E-state index contributed by atoms with van der Waals surface area (Å²) in [5.41, 5.74) is 4.79. The predicted octanol–water partition coefficient (Wildman–Crippen LogP) is -1.67. The van der Waals surface area contributed by atoms with Crippen molar-refractivity contribution in [1.82, 2.24) is 5.32 Å². The SMILES string of the molecule is CC(C(=O)O)C(=O)NCCOCC(N)=O. The Morgan fingerprint density at radius 3 is 2.53 bits per heavy atom. The molecule has 0 heterocycles. The van der Waals surface area contributed by atoms with Crippen molar-refractivity contribution in [3.63, 3.8) is 0 Å². The molecule has 7 nitrogen and oxygen atoms in total. The maximum absolute atomic E-state index is 11.0. The Labute approximate surface area is 86.6 Å². The van der Waals surface area contributed by atoms with Crippen molar-refractivity contribution in [2.75, 3.05) is 19.8 Å². The summed E-state index contributed by atoms with van der Waals surface area (Å²) in [5.74, 6) is -3.47. The summed E-state index contributed by atoms with van der Waals surface area (Å²) < 4.78 is 4.75. The maximum atomic E-state index is 11.0. The normalized spacial score (nSPS) is 11.8. The van der Waals surface area contributed by atoms with E-state index < -0.39 is 23.7 Å². The Morgan fingerprint density at radius 1 is 1.47 bits per heavy atom. The molecule has 0 aliphatic rings. The van der Waals surface area contributed by atoms with Crippen LogP contribution in [0.5, 0.6) is 0 Å². The molecule has 0 saturated carbocycles. The third kappa shape index (κ3) is 6.44. The molecule has 0 bridgehead atoms. The smallest absolute Gasteiger partial charge is 0.315 e. The van der Waals surface area contributed by atoms with E-state index in [2.05, 4.69) is 5.32 Å². The lowest BCUT2D eigenvalue weighted by atomic mass is 10.2. The van der Waals surface area contributed by atoms with E-state index in [-0.39, 0.29) is 19.8 Å². The average molecular weight is 218 g/mol. The summed E-state index contributed by atoms with van der Waals surface area (Å²) in [6.45, 7) is 1.32. The molecule has 7 heteroatoms. The molecule has 0 aromatic heterocycles. The molecule has 15 heavy (non-hydrogen) atoms. The molecule has 1 unspecified atom stereocenters. The average Bonchev–Trinajstić information content (AvgIpc) is 2.15. The Kier molecular flexibility index (Phi) is 6.03. The van der Waals surface area contributed by atoms with Crippen molar-refractivity contribution in [3.8, 4) is 0 Å². The second-order valence-electron chi connectivity index (χ2n) is 2.87. The van der Waals surface area contributed by atoms with E-state index in [1.807, 2.05) is 0 Å². The van der Waals surface area contributed by atoms with Crippen LogP contribution in [-0.4, -0.2) is 42.6 Å². The Hall–Kier alpha value is -1.63. The van der Waals surface area contributed by atoms with Crippen LogP contribution in [0.1, 0.15) is 6.92 Å². The first-order chi connectivity index (χ1) is 6.95. The molecule has 86 valence electrons. The number of ether oxygens (including phenoxy) is 1. The van der Waals surface area contributed by atoms with E-state index in [1.54, 1.807) is 0 Å². The van der Waals surface area contributed by atoms with Gasteiger partial charge in [-0.15, -0.1) is 0 Å². The van der Waals surface area contributed by atoms with Gasteiger partial charge in [0.1, 0.15) is 12.5 Å². The van der Waals surface area contributed by atoms with E-state index in [0.717, 1.165) is 0 Å². The number of carbonyl (C=O) groups excluding carboxylic acids is 2. The summed E-state index contributed by atoms with van der Waals surface area (Å²) in [6.07, 6.45) is 0. The molecule has 0 spiro atoms. The molecule has 2 amide bonds. The number of nitrogens with one attached hydrogen (secondary N) is 1. The quantitative estimate of drug-likeness (QED) is 0.348. The van der Waals surface area contributed by atoms with Crippen LogP contribution in [0.25, 0.3) is 0 Å². The third-order valence-electron chi connectivity index (χ3n) is 1.55. The van der Waals surface area contributed by atoms with Gasteiger partial charge in [-0.25, -0.2) is 0 Å². The van der Waals surface area contributed by atoms with Gasteiger partial charge in [-0.3, -0.25) is 14.4 Å². The number of aliphatic carboxylic acids is 1. The second kappa shape index (κ2) is 6.77. The van der Waals surface area contributed by atoms with Gasteiger partial charge in [-0.1, -0.05) is 0 Å². The van der Waals surface area contributed by atoms with Crippen molar-refractivity contribution in [1.29, 1.82) is 0 Å². The number of hydrogen-bond donors (Lipinski definition) is 3. The topological polar surface area (TPSA) is 119 Å². The van der Waals surface area contributed by atoms with Crippen LogP contribution in [-0.2, 0) is 19.1 Å². The van der Waals surface area contributed by atoms with Crippen LogP contribution < -0.4 is 11.1 Å². The standard InChI is InChI=1S/C8H14N2O5/c1-5(8(13)14)7(12)10-2-3-15-4-6(9)11/h5H,2-4H2,1H3,(H2,9,11)(H,10,12)(H,13,14). The molecule has 0 aliphatic heterocycles. The molecular formula is C8H14N2O5. The van der Waals surface area contributed by atoms with Gasteiger partial charge >= 0.3 is 5.97 Å². The minimum atomic E-state index is -1.19. The Bertz CT molecular complexity index is 253. The van der Waals surface area contributed by atoms with E-state index >= 15 is 0 Å². The summed E-state index contributed by atoms with van der Waals surface area (Å²) in [4.78, 5) is 31.6. The van der Waals surface area contributed by atoms with Crippen LogP contribution in [0.2, 0.25) is 0 Å². The van der Waals surface area contributed by atoms with Crippen molar-refractivity contribution >= 4 is 17.8 Å². The maximum Gasteiger partial charge on any atom is 0.315 e. The van der Waals surface area contributed by atoms with Gasteiger partial charge in [0.15, 0.2) is 0 Å². The largest absolute Gasteiger partial charge is 0.481 e. The molecule has 0 fully saturated rings. The van der Waals surface area contributed by atoms with Crippen LogP contribution in [0.4, 0.5) is 0 Å². The highest BCUT2D eigenvalue weighted by molar-refractivity contribution is 5.96. The lowest BCUT2D eigenvalue weighted by Crippen LogP contribution is -2.35. The van der Waals surface area contributed by atoms with Crippen molar-refractivity contribution in [3.05, 3.63) is 0 Å². The van der Waals surface area contributed by atoms with Crippen molar-refractivity contribution in [2.24, 2.45) is 11.7 Å². The number of nitrogens with two attached hydrogens (primary N) is 1. The molecule has 0 aliphatic carbocycles. The molecular weight excluding hydrogens is 204 g/mol. The highest BCUT2D eigenvalue weighted by Gasteiger charge is 2.19. The van der Waals surface area contributed by atoms with Gasteiger partial charge in [0.2, 0.25) is 11.8 Å². The lowest BCUT2D eigenvalue weighted by Gasteiger charge is -2.07. The van der Waals surface area contributed by atoms with Gasteiger partial charge in [-0.2, -0.15) is 0 Å². The summed E-state index contributed by atoms with van der Waals surface area (Å²) in [6, 6.07) is 0. The highest BCUT2D eigenvalue weighted by atomic mass is 16.5. The lowest BCUT2D eigenvalue weighted by molar-refractivity contribution is -0.146. The van der Waals surface area contributed by atoms with Gasteiger partial charge in [0.25, 0.3) is 0 Å². The van der Waals surface area contributed by atoms with Crippen LogP contribution in [0, 0.1) is 5.92 Å². The first-order valence-electron chi connectivity index (χ1n) is 4.31. The number of hydrogen-bond acceptors (Lipinski definition) is 4. The highest BCUT2D eigenvalue weighted by Crippen LogP contribution is 1.93. The first kappa shape index (κ1) is 13.4. The summed E-state index contributed by atoms with van der Waals surface area (Å²) in [7, 11) is 0. The minimum Gasteiger partial charge on any atom is -0.481 e. The molecule has 0 radical (unpaired) electrons. The first-order valence-corrected chi connectivity index (χ1v) is 4.31. The number of primary amides is 1. The van der Waals surface area contributed by atoms with E-state index in [1.165, 1.54) is 6.92 Å². The van der Waals surface area contributed by atoms with Crippen LogP contribution in [0.3, 0.4) is 0 Å². The molecule has 0 rings (SSSR count). The molecule has 0 aromatic carbocycles. The fourth-order valence-electron chi connectivity index (χ4n) is 0.684. The van der Waals surface area contributed by atoms with Gasteiger partial charge in [0, 0.05) is 6.54 Å². The summed E-state index contributed by atoms with van der Waals surface area (Å²) in [5, 5.41) is 10.8. The fraction of sp³-hybridized carbons (Fsp3) is 0.625. The van der Waals surface area contributed by atoms with Gasteiger partial charge in [0.05, 0.1) is 6.61 Å². The Morgan fingerprint density at radius 2 is 2.07 bits per heavy atom. The van der Waals surface area contributed by atoms with E-state index in [9.17, 15) is 14.4 Å². The monoisotopic (exact) mass is 218 g/mol. The van der Waals surface area contributed by atoms with Crippen molar-refractivity contribution in [2.45, 2.75) is 6.92 Å². The zero-order valence-electron chi connectivity index (χ0n) is 8.36. The second-order valence-corrected chi connectivity index (χ2v) is 2.87. The minimum absolute atomic E-state index is 0.112. The summed E-state index contributed by atoms with van der Waals surface area (Å²) >= 11 is 0. The number of carboxylic acid groups (broad SMARTS) is 1.